The van der Waals surface area contributed by atoms with Crippen molar-refractivity contribution in [2.45, 2.75) is 29.2 Å². The molecule has 0 amide bonds. The smallest absolute Gasteiger partial charge is 0.129 e. The summed E-state index contributed by atoms with van der Waals surface area (Å²) in [6.45, 7) is 2.22. The van der Waals surface area contributed by atoms with Gasteiger partial charge in [-0.1, -0.05) is 42.1 Å². The summed E-state index contributed by atoms with van der Waals surface area (Å²) in [5, 5.41) is 9.90. The van der Waals surface area contributed by atoms with Crippen LogP contribution in [-0.2, 0) is 6.42 Å². The van der Waals surface area contributed by atoms with E-state index in [9.17, 15) is 5.11 Å². The third-order valence-electron chi connectivity index (χ3n) is 3.45. The molecule has 2 aromatic carbocycles. The maximum Gasteiger partial charge on any atom is 0.129 e. The van der Waals surface area contributed by atoms with Crippen molar-refractivity contribution in [1.82, 2.24) is 4.90 Å². The fourth-order valence-corrected chi connectivity index (χ4v) is 2.92. The summed E-state index contributed by atoms with van der Waals surface area (Å²) in [7, 11) is 4.20. The van der Waals surface area contributed by atoms with Gasteiger partial charge in [0.1, 0.15) is 5.75 Å². The Morgan fingerprint density at radius 1 is 1.00 bits per heavy atom. The maximum absolute atomic E-state index is 9.90. The Balaban J connectivity index is 2.22. The van der Waals surface area contributed by atoms with Crippen LogP contribution in [0.4, 0.5) is 0 Å². The molecular weight excluding hydrogens is 266 g/mol. The van der Waals surface area contributed by atoms with Gasteiger partial charge in [0.15, 0.2) is 0 Å². The lowest BCUT2D eigenvalue weighted by atomic mass is 10.1. The minimum Gasteiger partial charge on any atom is -0.507 e. The number of rotatable bonds is 5. The van der Waals surface area contributed by atoms with Crippen LogP contribution < -0.4 is 0 Å². The van der Waals surface area contributed by atoms with Crippen molar-refractivity contribution in [3.63, 3.8) is 0 Å². The molecule has 0 unspecified atom stereocenters. The van der Waals surface area contributed by atoms with E-state index in [0.717, 1.165) is 11.3 Å². The number of phenolic OH excluding ortho intramolecular Hbond substituents is 1. The van der Waals surface area contributed by atoms with E-state index in [2.05, 4.69) is 44.1 Å². The first kappa shape index (κ1) is 14.9. The summed E-state index contributed by atoms with van der Waals surface area (Å²) < 4.78 is 0. The molecule has 0 saturated heterocycles. The fraction of sp³-hybridized carbons (Fsp3) is 0.294. The number of para-hydroxylation sites is 1. The predicted octanol–water partition coefficient (Wildman–Crippen LogP) is 4.04. The van der Waals surface area contributed by atoms with E-state index in [4.69, 9.17) is 0 Å². The zero-order valence-electron chi connectivity index (χ0n) is 12.2. The SMILES string of the molecule is C[C@@H](Cc1ccccc1Sc1ccccc1O)N(C)C. The second-order valence-corrected chi connectivity index (χ2v) is 6.28. The first-order chi connectivity index (χ1) is 9.58. The Bertz CT molecular complexity index is 568. The lowest BCUT2D eigenvalue weighted by Crippen LogP contribution is -2.26. The van der Waals surface area contributed by atoms with E-state index < -0.39 is 0 Å². The van der Waals surface area contributed by atoms with Crippen molar-refractivity contribution in [1.29, 1.82) is 0 Å². The fourth-order valence-electron chi connectivity index (χ4n) is 1.93. The number of likely N-dealkylation sites (N-methyl/N-ethyl adjacent to an activating group) is 1. The molecule has 0 aliphatic heterocycles. The second-order valence-electron chi connectivity index (χ2n) is 5.19. The summed E-state index contributed by atoms with van der Waals surface area (Å²) >= 11 is 1.63. The van der Waals surface area contributed by atoms with Crippen LogP contribution in [0.5, 0.6) is 5.75 Å². The van der Waals surface area contributed by atoms with Crippen LogP contribution in [0.15, 0.2) is 58.3 Å². The first-order valence-electron chi connectivity index (χ1n) is 6.78. The van der Waals surface area contributed by atoms with Crippen molar-refractivity contribution in [3.05, 3.63) is 54.1 Å². The number of hydrogen-bond donors (Lipinski definition) is 1. The summed E-state index contributed by atoms with van der Waals surface area (Å²) in [6.07, 6.45) is 1.00. The molecule has 2 rings (SSSR count). The molecule has 2 aromatic rings. The number of nitrogens with zero attached hydrogens (tertiary/aromatic N) is 1. The van der Waals surface area contributed by atoms with E-state index in [-0.39, 0.29) is 0 Å². The monoisotopic (exact) mass is 287 g/mol. The lowest BCUT2D eigenvalue weighted by molar-refractivity contribution is 0.311. The Hall–Kier alpha value is -1.45. The minimum absolute atomic E-state index is 0.341. The highest BCUT2D eigenvalue weighted by Gasteiger charge is 2.11. The second kappa shape index (κ2) is 6.82. The van der Waals surface area contributed by atoms with Crippen LogP contribution in [-0.4, -0.2) is 30.1 Å². The van der Waals surface area contributed by atoms with Crippen molar-refractivity contribution in [3.8, 4) is 5.75 Å². The van der Waals surface area contributed by atoms with Crippen LogP contribution >= 0.6 is 11.8 Å². The van der Waals surface area contributed by atoms with Gasteiger partial charge in [-0.2, -0.15) is 0 Å². The highest BCUT2D eigenvalue weighted by molar-refractivity contribution is 7.99. The molecule has 2 nitrogen and oxygen atoms in total. The molecule has 0 aliphatic rings. The molecular formula is C17H21NOS. The van der Waals surface area contributed by atoms with Gasteiger partial charge >= 0.3 is 0 Å². The Kier molecular flexibility index (Phi) is 5.10. The molecule has 0 radical (unpaired) electrons. The average molecular weight is 287 g/mol. The van der Waals surface area contributed by atoms with Gasteiger partial charge in [0, 0.05) is 10.9 Å². The van der Waals surface area contributed by atoms with E-state index >= 15 is 0 Å². The number of phenols is 1. The molecule has 20 heavy (non-hydrogen) atoms. The van der Waals surface area contributed by atoms with E-state index in [1.165, 1.54) is 10.5 Å². The van der Waals surface area contributed by atoms with Gasteiger partial charge < -0.3 is 10.0 Å². The molecule has 106 valence electrons. The Morgan fingerprint density at radius 3 is 2.25 bits per heavy atom. The van der Waals surface area contributed by atoms with Crippen LogP contribution in [0.2, 0.25) is 0 Å². The zero-order chi connectivity index (χ0) is 14.5. The quantitative estimate of drug-likeness (QED) is 0.898. The minimum atomic E-state index is 0.341. The summed E-state index contributed by atoms with van der Waals surface area (Å²) in [5.41, 5.74) is 1.32. The van der Waals surface area contributed by atoms with Crippen LogP contribution in [0.3, 0.4) is 0 Å². The highest BCUT2D eigenvalue weighted by atomic mass is 32.2. The van der Waals surface area contributed by atoms with Gasteiger partial charge in [0.2, 0.25) is 0 Å². The molecule has 0 spiro atoms. The molecule has 0 fully saturated rings. The number of hydrogen-bond acceptors (Lipinski definition) is 3. The van der Waals surface area contributed by atoms with Crippen LogP contribution in [0, 0.1) is 0 Å². The topological polar surface area (TPSA) is 23.5 Å². The largest absolute Gasteiger partial charge is 0.507 e. The standard InChI is InChI=1S/C17H21NOS/c1-13(18(2)3)12-14-8-4-6-10-16(14)20-17-11-7-5-9-15(17)19/h4-11,13,19H,12H2,1-3H3/t13-/m0/s1. The summed E-state index contributed by atoms with van der Waals surface area (Å²) in [4.78, 5) is 4.33. The number of aromatic hydroxyl groups is 1. The molecule has 3 heteroatoms. The van der Waals surface area contributed by atoms with E-state index in [1.54, 1.807) is 17.8 Å². The predicted molar refractivity (Wildman–Crippen MR) is 85.5 cm³/mol. The molecule has 0 aliphatic carbocycles. The van der Waals surface area contributed by atoms with Crippen molar-refractivity contribution in [2.24, 2.45) is 0 Å². The maximum atomic E-state index is 9.90. The zero-order valence-corrected chi connectivity index (χ0v) is 13.0. The summed E-state index contributed by atoms with van der Waals surface area (Å²) in [5.74, 6) is 0.341. The van der Waals surface area contributed by atoms with Crippen molar-refractivity contribution < 1.29 is 5.11 Å². The number of benzene rings is 2. The van der Waals surface area contributed by atoms with Gasteiger partial charge in [0.05, 0.1) is 4.90 Å². The molecule has 1 atom stereocenters. The molecule has 1 N–H and O–H groups in total. The molecule has 0 bridgehead atoms. The van der Waals surface area contributed by atoms with Crippen LogP contribution in [0.1, 0.15) is 12.5 Å². The van der Waals surface area contributed by atoms with E-state index in [0.29, 0.717) is 11.8 Å². The van der Waals surface area contributed by atoms with Crippen molar-refractivity contribution in [2.75, 3.05) is 14.1 Å². The summed E-state index contributed by atoms with van der Waals surface area (Å²) in [6, 6.07) is 16.4. The van der Waals surface area contributed by atoms with Gasteiger partial charge in [0.25, 0.3) is 0 Å². The van der Waals surface area contributed by atoms with Gasteiger partial charge in [-0.05, 0) is 51.2 Å². The Morgan fingerprint density at radius 2 is 1.60 bits per heavy atom. The van der Waals surface area contributed by atoms with Crippen LogP contribution in [0.25, 0.3) is 0 Å². The molecule has 0 aromatic heterocycles. The van der Waals surface area contributed by atoms with Gasteiger partial charge in [-0.3, -0.25) is 0 Å². The van der Waals surface area contributed by atoms with Gasteiger partial charge in [-0.25, -0.2) is 0 Å². The third-order valence-corrected chi connectivity index (χ3v) is 4.64. The van der Waals surface area contributed by atoms with Gasteiger partial charge in [-0.15, -0.1) is 0 Å². The highest BCUT2D eigenvalue weighted by Crippen LogP contribution is 2.36. The van der Waals surface area contributed by atoms with Crippen molar-refractivity contribution >= 4 is 11.8 Å². The average Bonchev–Trinajstić information content (AvgIpc) is 2.43. The lowest BCUT2D eigenvalue weighted by Gasteiger charge is -2.21. The molecule has 0 saturated carbocycles. The third kappa shape index (κ3) is 3.78. The van der Waals surface area contributed by atoms with E-state index in [1.807, 2.05) is 24.3 Å². The normalized spacial score (nSPS) is 12.6. The molecule has 0 heterocycles. The Labute approximate surface area is 125 Å². The first-order valence-corrected chi connectivity index (χ1v) is 7.59.